The van der Waals surface area contributed by atoms with Crippen LogP contribution in [0.5, 0.6) is 11.5 Å². The third kappa shape index (κ3) is 3.61. The Kier molecular flexibility index (Phi) is 4.62. The first-order valence-electron chi connectivity index (χ1n) is 9.76. The summed E-state index contributed by atoms with van der Waals surface area (Å²) in [4.78, 5) is 25.3. The fourth-order valence-electron chi connectivity index (χ4n) is 3.48. The molecule has 0 fully saturated rings. The van der Waals surface area contributed by atoms with E-state index in [1.807, 2.05) is 42.5 Å². The average molecular weight is 417 g/mol. The molecule has 1 aliphatic heterocycles. The molecule has 156 valence electrons. The van der Waals surface area contributed by atoms with Crippen molar-refractivity contribution in [3.63, 3.8) is 0 Å². The Morgan fingerprint density at radius 3 is 2.71 bits per heavy atom. The van der Waals surface area contributed by atoms with Crippen molar-refractivity contribution >= 4 is 11.4 Å². The number of nitrogens with zero attached hydrogens (tertiary/aromatic N) is 4. The number of nitrogens with one attached hydrogen (secondary N) is 1. The summed E-state index contributed by atoms with van der Waals surface area (Å²) in [5, 5.41) is 11.6. The number of carbonyl (C=O) groups excluding carboxylic acids is 1. The Hall–Kier alpha value is -4.14. The number of ether oxygens (including phenoxy) is 2. The molecule has 4 aromatic rings. The van der Waals surface area contributed by atoms with Gasteiger partial charge in [-0.3, -0.25) is 9.59 Å². The van der Waals surface area contributed by atoms with Crippen molar-refractivity contribution < 1.29 is 14.3 Å². The molecule has 0 saturated carbocycles. The lowest BCUT2D eigenvalue weighted by molar-refractivity contribution is -0.122. The number of fused-ring (bicyclic) bond motifs is 2. The first-order chi connectivity index (χ1) is 15.1. The SMILES string of the molecule is Cc1nn(CC(=O)NCc2ccc3c(c2)OCO3)c(=O)c2cc(-c3ccccc3)nn12. The number of hydrogen-bond donors (Lipinski definition) is 1. The van der Waals surface area contributed by atoms with Gasteiger partial charge in [0, 0.05) is 12.1 Å². The molecule has 0 bridgehead atoms. The lowest BCUT2D eigenvalue weighted by atomic mass is 10.1. The van der Waals surface area contributed by atoms with Crippen molar-refractivity contribution in [2.75, 3.05) is 6.79 Å². The molecule has 2 aromatic heterocycles. The highest BCUT2D eigenvalue weighted by Crippen LogP contribution is 2.32. The highest BCUT2D eigenvalue weighted by Gasteiger charge is 2.16. The van der Waals surface area contributed by atoms with Crippen LogP contribution >= 0.6 is 0 Å². The summed E-state index contributed by atoms with van der Waals surface area (Å²) in [6.07, 6.45) is 0. The molecule has 1 amide bonds. The fourth-order valence-corrected chi connectivity index (χ4v) is 3.48. The van der Waals surface area contributed by atoms with Gasteiger partial charge in [-0.15, -0.1) is 0 Å². The fraction of sp³-hybridized carbons (Fsp3) is 0.182. The number of benzene rings is 2. The van der Waals surface area contributed by atoms with E-state index < -0.39 is 0 Å². The Bertz CT molecular complexity index is 1340. The molecule has 9 nitrogen and oxygen atoms in total. The van der Waals surface area contributed by atoms with Gasteiger partial charge in [-0.2, -0.15) is 10.2 Å². The van der Waals surface area contributed by atoms with Gasteiger partial charge < -0.3 is 14.8 Å². The van der Waals surface area contributed by atoms with Gasteiger partial charge in [0.15, 0.2) is 11.5 Å². The summed E-state index contributed by atoms with van der Waals surface area (Å²) in [6.45, 7) is 2.06. The van der Waals surface area contributed by atoms with E-state index in [0.717, 1.165) is 15.8 Å². The number of rotatable bonds is 5. The summed E-state index contributed by atoms with van der Waals surface area (Å²) in [6, 6.07) is 16.8. The zero-order valence-corrected chi connectivity index (χ0v) is 16.7. The van der Waals surface area contributed by atoms with Crippen LogP contribution in [0.1, 0.15) is 11.4 Å². The highest BCUT2D eigenvalue weighted by molar-refractivity contribution is 5.75. The van der Waals surface area contributed by atoms with Gasteiger partial charge in [-0.1, -0.05) is 36.4 Å². The lowest BCUT2D eigenvalue weighted by Gasteiger charge is -2.09. The van der Waals surface area contributed by atoms with E-state index >= 15 is 0 Å². The molecule has 31 heavy (non-hydrogen) atoms. The summed E-state index contributed by atoms with van der Waals surface area (Å²) >= 11 is 0. The van der Waals surface area contributed by atoms with E-state index in [9.17, 15) is 9.59 Å². The summed E-state index contributed by atoms with van der Waals surface area (Å²) in [5.74, 6) is 1.53. The van der Waals surface area contributed by atoms with Crippen molar-refractivity contribution in [3.05, 3.63) is 76.3 Å². The highest BCUT2D eigenvalue weighted by atomic mass is 16.7. The second kappa shape index (κ2) is 7.60. The molecule has 9 heteroatoms. The number of amides is 1. The quantitative estimate of drug-likeness (QED) is 0.533. The largest absolute Gasteiger partial charge is 0.454 e. The molecule has 0 spiro atoms. The molecule has 1 aliphatic rings. The maximum atomic E-state index is 12.9. The van der Waals surface area contributed by atoms with Crippen LogP contribution in [0.4, 0.5) is 0 Å². The predicted molar refractivity (Wildman–Crippen MR) is 112 cm³/mol. The lowest BCUT2D eigenvalue weighted by Crippen LogP contribution is -2.34. The first kappa shape index (κ1) is 18.9. The number of carbonyl (C=O) groups is 1. The molecular weight excluding hydrogens is 398 g/mol. The number of hydrogen-bond acceptors (Lipinski definition) is 6. The zero-order chi connectivity index (χ0) is 21.4. The molecule has 0 atom stereocenters. The van der Waals surface area contributed by atoms with Crippen molar-refractivity contribution in [3.8, 4) is 22.8 Å². The van der Waals surface area contributed by atoms with Gasteiger partial charge in [-0.05, 0) is 30.7 Å². The molecule has 2 aromatic carbocycles. The summed E-state index contributed by atoms with van der Waals surface area (Å²) < 4.78 is 13.3. The van der Waals surface area contributed by atoms with Crippen LogP contribution in [0, 0.1) is 6.92 Å². The Morgan fingerprint density at radius 2 is 1.87 bits per heavy atom. The maximum Gasteiger partial charge on any atom is 0.293 e. The van der Waals surface area contributed by atoms with Crippen LogP contribution in [-0.4, -0.2) is 32.1 Å². The number of aromatic nitrogens is 4. The molecular formula is C22H19N5O4. The molecule has 0 saturated heterocycles. The maximum absolute atomic E-state index is 12.9. The van der Waals surface area contributed by atoms with E-state index in [-0.39, 0.29) is 24.8 Å². The third-order valence-corrected chi connectivity index (χ3v) is 5.02. The van der Waals surface area contributed by atoms with E-state index in [1.54, 1.807) is 19.1 Å². The van der Waals surface area contributed by atoms with Crippen molar-refractivity contribution in [2.45, 2.75) is 20.0 Å². The van der Waals surface area contributed by atoms with Crippen LogP contribution in [0.25, 0.3) is 16.8 Å². The zero-order valence-electron chi connectivity index (χ0n) is 16.7. The molecule has 5 rings (SSSR count). The minimum absolute atomic E-state index is 0.188. The third-order valence-electron chi connectivity index (χ3n) is 5.02. The Morgan fingerprint density at radius 1 is 1.06 bits per heavy atom. The van der Waals surface area contributed by atoms with Crippen LogP contribution in [0.2, 0.25) is 0 Å². The van der Waals surface area contributed by atoms with E-state index in [1.165, 1.54) is 4.52 Å². The second-order valence-electron chi connectivity index (χ2n) is 7.17. The minimum Gasteiger partial charge on any atom is -0.454 e. The van der Waals surface area contributed by atoms with Crippen LogP contribution in [-0.2, 0) is 17.9 Å². The Balaban J connectivity index is 1.34. The van der Waals surface area contributed by atoms with E-state index in [4.69, 9.17) is 9.47 Å². The smallest absolute Gasteiger partial charge is 0.293 e. The predicted octanol–water partition coefficient (Wildman–Crippen LogP) is 1.91. The normalized spacial score (nSPS) is 12.3. The standard InChI is InChI=1S/C22H19N5O4/c1-14-24-26(12-21(28)23-11-15-7-8-19-20(9-15)31-13-30-19)22(29)18-10-17(25-27(14)18)16-5-3-2-4-6-16/h2-10H,11-13H2,1H3,(H,23,28). The van der Waals surface area contributed by atoms with Gasteiger partial charge in [-0.25, -0.2) is 9.20 Å². The van der Waals surface area contributed by atoms with Gasteiger partial charge >= 0.3 is 0 Å². The van der Waals surface area contributed by atoms with Gasteiger partial charge in [0.1, 0.15) is 17.9 Å². The number of aryl methyl sites for hydroxylation is 1. The molecule has 3 heterocycles. The average Bonchev–Trinajstić information content (AvgIpc) is 3.44. The molecule has 1 N–H and O–H groups in total. The van der Waals surface area contributed by atoms with Crippen LogP contribution in [0.15, 0.2) is 59.4 Å². The van der Waals surface area contributed by atoms with Crippen molar-refractivity contribution in [1.82, 2.24) is 24.7 Å². The molecule has 0 unspecified atom stereocenters. The van der Waals surface area contributed by atoms with E-state index in [2.05, 4.69) is 15.5 Å². The van der Waals surface area contributed by atoms with Crippen molar-refractivity contribution in [2.24, 2.45) is 0 Å². The van der Waals surface area contributed by atoms with Gasteiger partial charge in [0.05, 0.1) is 5.69 Å². The monoisotopic (exact) mass is 417 g/mol. The first-order valence-corrected chi connectivity index (χ1v) is 9.76. The van der Waals surface area contributed by atoms with Crippen LogP contribution in [0.3, 0.4) is 0 Å². The topological polar surface area (TPSA) is 99.8 Å². The second-order valence-corrected chi connectivity index (χ2v) is 7.17. The summed E-state index contributed by atoms with van der Waals surface area (Å²) in [5.41, 5.74) is 2.44. The minimum atomic E-state index is -0.376. The summed E-state index contributed by atoms with van der Waals surface area (Å²) in [7, 11) is 0. The van der Waals surface area contributed by atoms with Gasteiger partial charge in [0.2, 0.25) is 12.7 Å². The van der Waals surface area contributed by atoms with Crippen molar-refractivity contribution in [1.29, 1.82) is 0 Å². The van der Waals surface area contributed by atoms with Crippen LogP contribution < -0.4 is 20.3 Å². The van der Waals surface area contributed by atoms with Gasteiger partial charge in [0.25, 0.3) is 5.56 Å². The van der Waals surface area contributed by atoms with E-state index in [0.29, 0.717) is 35.1 Å². The molecule has 0 aliphatic carbocycles. The Labute approximate surface area is 176 Å². The molecule has 0 radical (unpaired) electrons.